The van der Waals surface area contributed by atoms with Crippen LogP contribution in [0.15, 0.2) is 77.9 Å². The highest BCUT2D eigenvalue weighted by atomic mass is 35.5. The van der Waals surface area contributed by atoms with E-state index in [1.165, 1.54) is 0 Å². The first kappa shape index (κ1) is 17.1. The first-order valence-electron chi connectivity index (χ1n) is 9.25. The normalized spacial score (nSPS) is 20.1. The lowest BCUT2D eigenvalue weighted by Gasteiger charge is -2.38. The molecule has 2 aliphatic rings. The molecule has 2 atom stereocenters. The summed E-state index contributed by atoms with van der Waals surface area (Å²) in [5, 5.41) is 7.66. The van der Waals surface area contributed by atoms with Crippen molar-refractivity contribution in [1.82, 2.24) is 5.01 Å². The number of fused-ring (bicyclic) bond motifs is 3. The van der Waals surface area contributed by atoms with Crippen LogP contribution in [0, 0.1) is 0 Å². The predicted octanol–water partition coefficient (Wildman–Crippen LogP) is 5.59. The van der Waals surface area contributed by atoms with Crippen LogP contribution in [0.1, 0.15) is 35.4 Å². The Labute approximate surface area is 169 Å². The van der Waals surface area contributed by atoms with Gasteiger partial charge in [-0.2, -0.15) is 5.10 Å². The molecule has 0 aliphatic carbocycles. The number of hydrogen-bond donors (Lipinski definition) is 0. The molecule has 0 saturated carbocycles. The van der Waals surface area contributed by atoms with E-state index >= 15 is 0 Å². The highest BCUT2D eigenvalue weighted by Gasteiger charge is 2.41. The van der Waals surface area contributed by atoms with Crippen LogP contribution >= 0.6 is 11.6 Å². The van der Waals surface area contributed by atoms with Gasteiger partial charge in [-0.25, -0.2) is 5.01 Å². The molecule has 0 amide bonds. The molecule has 3 aromatic rings. The van der Waals surface area contributed by atoms with E-state index in [4.69, 9.17) is 26.2 Å². The average molecular weight is 391 g/mol. The van der Waals surface area contributed by atoms with Crippen molar-refractivity contribution >= 4 is 17.3 Å². The van der Waals surface area contributed by atoms with Crippen molar-refractivity contribution in [2.45, 2.75) is 18.7 Å². The largest absolute Gasteiger partial charge is 0.497 e. The summed E-state index contributed by atoms with van der Waals surface area (Å²) in [5.41, 5.74) is 4.16. The minimum atomic E-state index is -0.374. The third kappa shape index (κ3) is 2.81. The van der Waals surface area contributed by atoms with Crippen LogP contribution in [0.4, 0.5) is 0 Å². The van der Waals surface area contributed by atoms with Crippen molar-refractivity contribution in [1.29, 1.82) is 0 Å². The first-order chi connectivity index (χ1) is 13.7. The number of rotatable bonds is 3. The second-order valence-electron chi connectivity index (χ2n) is 6.91. The summed E-state index contributed by atoms with van der Waals surface area (Å²) in [6, 6.07) is 24.0. The number of hydrazone groups is 1. The maximum absolute atomic E-state index is 6.50. The Morgan fingerprint density at radius 1 is 1.00 bits per heavy atom. The summed E-state index contributed by atoms with van der Waals surface area (Å²) in [4.78, 5) is 0. The Morgan fingerprint density at radius 3 is 2.57 bits per heavy atom. The van der Waals surface area contributed by atoms with Crippen LogP contribution in [0.2, 0.25) is 5.02 Å². The zero-order chi connectivity index (χ0) is 19.1. The molecular weight excluding hydrogens is 372 g/mol. The maximum Gasteiger partial charge on any atom is 0.215 e. The third-order valence-corrected chi connectivity index (χ3v) is 5.62. The van der Waals surface area contributed by atoms with Crippen molar-refractivity contribution in [2.75, 3.05) is 7.11 Å². The van der Waals surface area contributed by atoms with E-state index in [0.29, 0.717) is 5.02 Å². The van der Waals surface area contributed by atoms with Gasteiger partial charge in [-0.05, 0) is 29.8 Å². The molecule has 0 fully saturated rings. The fraction of sp³-hybridized carbons (Fsp3) is 0.174. The monoisotopic (exact) mass is 390 g/mol. The molecular formula is C23H19ClN2O2. The van der Waals surface area contributed by atoms with Gasteiger partial charge in [0.15, 0.2) is 0 Å². The molecule has 0 saturated heterocycles. The van der Waals surface area contributed by atoms with E-state index in [1.807, 2.05) is 65.7 Å². The van der Waals surface area contributed by atoms with Crippen molar-refractivity contribution in [3.8, 4) is 11.5 Å². The standard InChI is InChI=1S/C23H19ClN2O2/c1-27-16-11-12-22-18(13-16)21-14-20(15-7-3-2-4-8-15)25-26(21)23(28-22)17-9-5-6-10-19(17)24/h2-13,21,23H,14H2,1H3/t21-,23+/m1/s1. The Balaban J connectivity index is 1.63. The Bertz CT molecular complexity index is 1050. The Morgan fingerprint density at radius 2 is 1.79 bits per heavy atom. The van der Waals surface area contributed by atoms with Gasteiger partial charge in [0.1, 0.15) is 11.5 Å². The highest BCUT2D eigenvalue weighted by Crippen LogP contribution is 2.49. The van der Waals surface area contributed by atoms with Crippen LogP contribution in [0.3, 0.4) is 0 Å². The molecule has 0 unspecified atom stereocenters. The molecule has 5 heteroatoms. The zero-order valence-electron chi connectivity index (χ0n) is 15.4. The third-order valence-electron chi connectivity index (χ3n) is 5.28. The average Bonchev–Trinajstić information content (AvgIpc) is 3.20. The number of halogens is 1. The van der Waals surface area contributed by atoms with Gasteiger partial charge in [0, 0.05) is 22.6 Å². The predicted molar refractivity (Wildman–Crippen MR) is 110 cm³/mol. The van der Waals surface area contributed by atoms with Gasteiger partial charge in [0.05, 0.1) is 18.9 Å². The lowest BCUT2D eigenvalue weighted by Crippen LogP contribution is -2.33. The summed E-state index contributed by atoms with van der Waals surface area (Å²) >= 11 is 6.50. The second kappa shape index (κ2) is 6.88. The summed E-state index contributed by atoms with van der Waals surface area (Å²) < 4.78 is 11.8. The molecule has 0 aromatic heterocycles. The van der Waals surface area contributed by atoms with Crippen molar-refractivity contribution in [3.63, 3.8) is 0 Å². The van der Waals surface area contributed by atoms with E-state index in [0.717, 1.165) is 40.3 Å². The van der Waals surface area contributed by atoms with Crippen molar-refractivity contribution < 1.29 is 9.47 Å². The quantitative estimate of drug-likeness (QED) is 0.584. The smallest absolute Gasteiger partial charge is 0.215 e. The maximum atomic E-state index is 6.50. The summed E-state index contributed by atoms with van der Waals surface area (Å²) in [7, 11) is 1.68. The minimum absolute atomic E-state index is 0.0651. The molecule has 0 spiro atoms. The summed E-state index contributed by atoms with van der Waals surface area (Å²) in [5.74, 6) is 1.66. The molecule has 0 N–H and O–H groups in total. The van der Waals surface area contributed by atoms with Gasteiger partial charge in [-0.15, -0.1) is 0 Å². The van der Waals surface area contributed by atoms with Gasteiger partial charge < -0.3 is 9.47 Å². The lowest BCUT2D eigenvalue weighted by atomic mass is 9.95. The molecule has 0 radical (unpaired) electrons. The van der Waals surface area contributed by atoms with Crippen LogP contribution in [0.5, 0.6) is 11.5 Å². The molecule has 3 aromatic carbocycles. The molecule has 0 bridgehead atoms. The van der Waals surface area contributed by atoms with E-state index < -0.39 is 0 Å². The lowest BCUT2D eigenvalue weighted by molar-refractivity contribution is -0.0190. The molecule has 4 nitrogen and oxygen atoms in total. The van der Waals surface area contributed by atoms with Crippen LogP contribution in [0.25, 0.3) is 0 Å². The number of methoxy groups -OCH3 is 1. The Hall–Kier alpha value is -2.98. The van der Waals surface area contributed by atoms with Crippen LogP contribution in [-0.2, 0) is 0 Å². The molecule has 2 heterocycles. The van der Waals surface area contributed by atoms with Crippen LogP contribution in [-0.4, -0.2) is 17.8 Å². The van der Waals surface area contributed by atoms with E-state index in [-0.39, 0.29) is 12.3 Å². The fourth-order valence-electron chi connectivity index (χ4n) is 3.88. The molecule has 140 valence electrons. The van der Waals surface area contributed by atoms with Gasteiger partial charge in [0.2, 0.25) is 6.23 Å². The molecule has 5 rings (SSSR count). The SMILES string of the molecule is COc1ccc2c(c1)[C@H]1CC(c3ccccc3)=NN1[C@H](c1ccccc1Cl)O2. The Kier molecular flexibility index (Phi) is 4.21. The van der Waals surface area contributed by atoms with Gasteiger partial charge in [-0.3, -0.25) is 0 Å². The fourth-order valence-corrected chi connectivity index (χ4v) is 4.11. The van der Waals surface area contributed by atoms with E-state index in [9.17, 15) is 0 Å². The van der Waals surface area contributed by atoms with Gasteiger partial charge in [0.25, 0.3) is 0 Å². The van der Waals surface area contributed by atoms with Gasteiger partial charge in [-0.1, -0.05) is 60.1 Å². The minimum Gasteiger partial charge on any atom is -0.497 e. The van der Waals surface area contributed by atoms with Crippen molar-refractivity contribution in [2.24, 2.45) is 5.10 Å². The number of ether oxygens (including phenoxy) is 2. The highest BCUT2D eigenvalue weighted by molar-refractivity contribution is 6.31. The number of benzene rings is 3. The topological polar surface area (TPSA) is 34.1 Å². The van der Waals surface area contributed by atoms with E-state index in [1.54, 1.807) is 7.11 Å². The van der Waals surface area contributed by atoms with Crippen molar-refractivity contribution in [3.05, 3.63) is 94.5 Å². The van der Waals surface area contributed by atoms with E-state index in [2.05, 4.69) is 12.1 Å². The molecule has 28 heavy (non-hydrogen) atoms. The second-order valence-corrected chi connectivity index (χ2v) is 7.32. The van der Waals surface area contributed by atoms with Gasteiger partial charge >= 0.3 is 0 Å². The zero-order valence-corrected chi connectivity index (χ0v) is 16.1. The first-order valence-corrected chi connectivity index (χ1v) is 9.62. The number of hydrogen-bond acceptors (Lipinski definition) is 4. The molecule has 2 aliphatic heterocycles. The summed E-state index contributed by atoms with van der Waals surface area (Å²) in [6.45, 7) is 0. The summed E-state index contributed by atoms with van der Waals surface area (Å²) in [6.07, 6.45) is 0.426. The number of nitrogens with zero attached hydrogens (tertiary/aromatic N) is 2. The van der Waals surface area contributed by atoms with Crippen LogP contribution < -0.4 is 9.47 Å².